The molecule has 1 aliphatic heterocycles. The standard InChI is InChI=1S/C61H106N26O15S2/c1-32(2)47(57(102)78-29-46(91)92)86-54(99)40(14-8-24-75-61(70)71)82-50(95)36(10-3-4-20-62)79-51(96)37(11-5-21-72-58(64)65)80-52(97)38(12-6-22-73-59(66)67)81-53(98)39(13-7-23-74-60(68)69)83-56(101)43-15-9-25-87(43)45(90)28-76-44(89)27-77-49(94)41(26-33-16-18-34(88)19-17-33)84-55(100)42(31-104)85-48(93)35(63)30-103/h16-19,32,35-43,47,88,103-104H,3-15,20-31,62-63H2,1-2H3,(H,76,89)(H,77,94)(H,78,102)(H,79,96)(H,80,97)(H,81,98)(H,82,95)(H,83,101)(H,84,100)(H,85,93)(H,86,99)(H,91,92)(H4,64,65,72)(H4,66,67,73)(H4,68,69,74)(H4,70,71,75)/t35-,36-,37-,38-,39-,40-,41-,42-,43-,47-/m0/s1. The number of phenols is 1. The molecule has 0 radical (unpaired) electrons. The Morgan fingerprint density at radius 3 is 1.31 bits per heavy atom. The summed E-state index contributed by atoms with van der Waals surface area (Å²) < 4.78 is 0. The van der Waals surface area contributed by atoms with Crippen LogP contribution in [0.3, 0.4) is 0 Å². The van der Waals surface area contributed by atoms with Crippen molar-refractivity contribution in [3.05, 3.63) is 29.8 Å². The van der Waals surface area contributed by atoms with Crippen LogP contribution in [-0.4, -0.2) is 247 Å². The van der Waals surface area contributed by atoms with Gasteiger partial charge in [0.25, 0.3) is 0 Å². The highest BCUT2D eigenvalue weighted by atomic mass is 32.1. The molecule has 1 heterocycles. The SMILES string of the molecule is CC(C)[C@H](NC(=O)[C@H](CCCNC(=N)N)NC(=O)[C@H](CCCCN)NC(=O)[C@H](CCCNC(=N)N)NC(=O)[C@H](CCCNC(=N)N)NC(=O)[C@H](CCCNC(=N)N)NC(=O)[C@@H]1CCCN1C(=O)CNC(=O)CNC(=O)[C@H](Cc1ccc(O)cc1)NC(=O)[C@H](CS)NC(=O)[C@@H](N)CS)C(=O)NCC(=O)O. The quantitative estimate of drug-likeness (QED) is 0.0125. The van der Waals surface area contributed by atoms with Gasteiger partial charge in [-0.25, -0.2) is 0 Å². The Bertz CT molecular complexity index is 3100. The number of guanidine groups is 4. The highest BCUT2D eigenvalue weighted by molar-refractivity contribution is 7.80. The van der Waals surface area contributed by atoms with Crippen LogP contribution in [0, 0.1) is 27.6 Å². The van der Waals surface area contributed by atoms with E-state index in [1.807, 2.05) is 0 Å². The van der Waals surface area contributed by atoms with E-state index in [1.165, 1.54) is 29.2 Å². The van der Waals surface area contributed by atoms with Crippen LogP contribution in [-0.2, 0) is 68.7 Å². The molecule has 0 saturated carbocycles. The molecule has 1 fully saturated rings. The van der Waals surface area contributed by atoms with E-state index < -0.39 is 181 Å². The number of amides is 12. The normalized spacial score (nSPS) is 14.9. The molecular formula is C61H106N26O15S2. The van der Waals surface area contributed by atoms with E-state index in [4.69, 9.17) is 61.1 Å². The summed E-state index contributed by atoms with van der Waals surface area (Å²) in [5, 5.41) is 87.7. The minimum absolute atomic E-state index is 0.00559. The van der Waals surface area contributed by atoms with Gasteiger partial charge in [-0.1, -0.05) is 26.0 Å². The number of nitrogens with zero attached hydrogens (tertiary/aromatic N) is 1. The van der Waals surface area contributed by atoms with E-state index in [-0.39, 0.29) is 140 Å². The fraction of sp³-hybridized carbons (Fsp3) is 0.623. The molecule has 1 saturated heterocycles. The van der Waals surface area contributed by atoms with Crippen molar-refractivity contribution in [3.63, 3.8) is 0 Å². The fourth-order valence-electron chi connectivity index (χ4n) is 10.2. The molecular weight excluding hydrogens is 1400 g/mol. The first-order chi connectivity index (χ1) is 49.2. The van der Waals surface area contributed by atoms with Crippen molar-refractivity contribution in [1.82, 2.24) is 84.7 Å². The number of unbranched alkanes of at least 4 members (excludes halogenated alkanes) is 1. The number of hydrogen-bond acceptors (Lipinski definition) is 22. The number of nitrogens with one attached hydrogen (secondary N) is 19. The van der Waals surface area contributed by atoms with Gasteiger partial charge in [-0.3, -0.25) is 84.0 Å². The lowest BCUT2D eigenvalue weighted by atomic mass is 10.0. The van der Waals surface area contributed by atoms with Gasteiger partial charge >= 0.3 is 5.97 Å². The molecule has 12 amide bonds. The predicted molar refractivity (Wildman–Crippen MR) is 389 cm³/mol. The molecule has 0 aromatic heterocycles. The van der Waals surface area contributed by atoms with Crippen molar-refractivity contribution in [2.24, 2.45) is 40.3 Å². The molecule has 1 aromatic rings. The largest absolute Gasteiger partial charge is 0.508 e. The minimum atomic E-state index is -1.52. The van der Waals surface area contributed by atoms with Crippen molar-refractivity contribution in [1.29, 1.82) is 21.6 Å². The van der Waals surface area contributed by atoms with Crippen molar-refractivity contribution in [2.45, 2.75) is 164 Å². The number of phenolic OH excluding ortho intramolecular Hbond substituents is 1. The van der Waals surface area contributed by atoms with Gasteiger partial charge in [-0.05, 0) is 114 Å². The predicted octanol–water partition coefficient (Wildman–Crippen LogP) is -8.74. The molecule has 0 aliphatic carbocycles. The van der Waals surface area contributed by atoms with E-state index in [2.05, 4.69) is 105 Å². The zero-order valence-electron chi connectivity index (χ0n) is 58.3. The Kier molecular flexibility index (Phi) is 42.1. The van der Waals surface area contributed by atoms with Crippen LogP contribution in [0.5, 0.6) is 5.75 Å². The third-order valence-electron chi connectivity index (χ3n) is 15.8. The monoisotopic (exact) mass is 1510 g/mol. The number of carboxylic acid groups (broad SMARTS) is 1. The van der Waals surface area contributed by atoms with Crippen LogP contribution >= 0.6 is 25.3 Å². The lowest BCUT2D eigenvalue weighted by Crippen LogP contribution is -2.60. The summed E-state index contributed by atoms with van der Waals surface area (Å²) in [6.45, 7) is 1.38. The van der Waals surface area contributed by atoms with Gasteiger partial charge in [0.05, 0.1) is 19.1 Å². The summed E-state index contributed by atoms with van der Waals surface area (Å²) in [6, 6.07) is -7.74. The number of carboxylic acids is 1. The number of likely N-dealkylation sites (tertiary alicyclic amines) is 1. The molecule has 1 aliphatic rings. The second kappa shape index (κ2) is 48.7. The Morgan fingerprint density at radius 2 is 0.894 bits per heavy atom. The maximum atomic E-state index is 14.7. The number of aliphatic carboxylic acids is 1. The van der Waals surface area contributed by atoms with Crippen LogP contribution < -0.4 is 114 Å². The number of rotatable bonds is 49. The molecule has 2 rings (SSSR count). The molecule has 0 bridgehead atoms. The van der Waals surface area contributed by atoms with Gasteiger partial charge in [0.2, 0.25) is 70.9 Å². The number of carbonyl (C=O) groups is 13. The van der Waals surface area contributed by atoms with Crippen LogP contribution in [0.1, 0.15) is 103 Å². The van der Waals surface area contributed by atoms with E-state index >= 15 is 0 Å². The lowest BCUT2D eigenvalue weighted by Gasteiger charge is -2.29. The van der Waals surface area contributed by atoms with Crippen LogP contribution in [0.15, 0.2) is 24.3 Å². The summed E-state index contributed by atoms with van der Waals surface area (Å²) in [7, 11) is 0. The van der Waals surface area contributed by atoms with Crippen molar-refractivity contribution < 1.29 is 72.5 Å². The number of benzene rings is 1. The summed E-state index contributed by atoms with van der Waals surface area (Å²) >= 11 is 8.15. The number of nitrogens with two attached hydrogens (primary N) is 6. The second-order valence-electron chi connectivity index (χ2n) is 24.6. The maximum Gasteiger partial charge on any atom is 0.322 e. The van der Waals surface area contributed by atoms with Crippen molar-refractivity contribution >= 4 is 126 Å². The molecule has 1 aromatic carbocycles. The first-order valence-electron chi connectivity index (χ1n) is 33.7. The van der Waals surface area contributed by atoms with E-state index in [0.29, 0.717) is 18.4 Å². The molecule has 104 heavy (non-hydrogen) atoms. The Balaban J connectivity index is 2.48. The highest BCUT2D eigenvalue weighted by Gasteiger charge is 2.38. The first kappa shape index (κ1) is 89.9. The number of aromatic hydroxyl groups is 1. The summed E-state index contributed by atoms with van der Waals surface area (Å²) in [4.78, 5) is 179. The second-order valence-corrected chi connectivity index (χ2v) is 25.3. The van der Waals surface area contributed by atoms with Crippen LogP contribution in [0.2, 0.25) is 0 Å². The number of carbonyl (C=O) groups excluding carboxylic acids is 12. The average molecular weight is 1510 g/mol. The third-order valence-corrected chi connectivity index (χ3v) is 16.6. The topological polar surface area (TPSA) is 698 Å². The molecule has 0 spiro atoms. The molecule has 582 valence electrons. The summed E-state index contributed by atoms with van der Waals surface area (Å²) in [5.74, 6) is -14.0. The van der Waals surface area contributed by atoms with Gasteiger partial charge in [-0.15, -0.1) is 0 Å². The third kappa shape index (κ3) is 35.6. The van der Waals surface area contributed by atoms with E-state index in [0.717, 1.165) is 0 Å². The smallest absolute Gasteiger partial charge is 0.322 e. The molecule has 0 unspecified atom stereocenters. The number of hydrogen-bond donors (Lipinski definition) is 29. The van der Waals surface area contributed by atoms with E-state index in [9.17, 15) is 67.4 Å². The molecule has 10 atom stereocenters. The zero-order chi connectivity index (χ0) is 78.0. The van der Waals surface area contributed by atoms with Crippen LogP contribution in [0.4, 0.5) is 0 Å². The number of thiol groups is 2. The first-order valence-corrected chi connectivity index (χ1v) is 35.0. The molecule has 43 heteroatoms. The Labute approximate surface area is 612 Å². The Hall–Kier alpha value is -10.2. The van der Waals surface area contributed by atoms with Gasteiger partial charge in [0, 0.05) is 50.7 Å². The van der Waals surface area contributed by atoms with Crippen LogP contribution in [0.25, 0.3) is 0 Å². The summed E-state index contributed by atoms with van der Waals surface area (Å²) in [5.41, 5.74) is 34.1. The molecule has 41 nitrogen and oxygen atoms in total. The van der Waals surface area contributed by atoms with E-state index in [1.54, 1.807) is 13.8 Å². The van der Waals surface area contributed by atoms with Gasteiger partial charge in [0.15, 0.2) is 23.8 Å². The van der Waals surface area contributed by atoms with Gasteiger partial charge in [-0.2, -0.15) is 25.3 Å². The highest BCUT2D eigenvalue weighted by Crippen LogP contribution is 2.19. The minimum Gasteiger partial charge on any atom is -0.508 e. The van der Waals surface area contributed by atoms with Gasteiger partial charge < -0.3 is 129 Å². The lowest BCUT2D eigenvalue weighted by molar-refractivity contribution is -0.140. The molecule has 33 N–H and O–H groups in total. The van der Waals surface area contributed by atoms with Crippen molar-refractivity contribution in [2.75, 3.05) is 70.4 Å². The maximum absolute atomic E-state index is 14.7. The fourth-order valence-corrected chi connectivity index (χ4v) is 10.7. The Morgan fingerprint density at radius 1 is 0.490 bits per heavy atom. The van der Waals surface area contributed by atoms with Gasteiger partial charge in [0.1, 0.15) is 66.7 Å². The average Bonchev–Trinajstić information content (AvgIpc) is 1.16. The summed E-state index contributed by atoms with van der Waals surface area (Å²) in [6.07, 6.45) is 0.492. The van der Waals surface area contributed by atoms with Crippen molar-refractivity contribution in [3.8, 4) is 5.75 Å². The zero-order valence-corrected chi connectivity index (χ0v) is 60.1.